The van der Waals surface area contributed by atoms with Crippen molar-refractivity contribution < 1.29 is 10.4 Å². The fourth-order valence-corrected chi connectivity index (χ4v) is 4.93. The Bertz CT molecular complexity index is 1000. The summed E-state index contributed by atoms with van der Waals surface area (Å²) in [6.45, 7) is 4.40. The summed E-state index contributed by atoms with van der Waals surface area (Å²) in [6, 6.07) is 31.3. The highest BCUT2D eigenvalue weighted by molar-refractivity contribution is 5.37. The van der Waals surface area contributed by atoms with Gasteiger partial charge in [0.1, 0.15) is 17.7 Å². The van der Waals surface area contributed by atoms with Crippen LogP contribution in [0.3, 0.4) is 0 Å². The summed E-state index contributed by atoms with van der Waals surface area (Å²) in [6.07, 6.45) is 0.614. The van der Waals surface area contributed by atoms with Crippen LogP contribution in [-0.2, 0) is 0 Å². The molecule has 1 aliphatic heterocycles. The van der Waals surface area contributed by atoms with E-state index < -0.39 is 5.60 Å². The molecule has 152 valence electrons. The van der Waals surface area contributed by atoms with Gasteiger partial charge in [0, 0.05) is 23.1 Å². The zero-order valence-corrected chi connectivity index (χ0v) is 17.7. The summed E-state index contributed by atoms with van der Waals surface area (Å²) in [5, 5.41) is 14.5. The molecule has 2 heteroatoms. The zero-order valence-electron chi connectivity index (χ0n) is 17.7. The highest BCUT2D eigenvalue weighted by atomic mass is 16.3. The van der Waals surface area contributed by atoms with Crippen LogP contribution in [0.2, 0.25) is 0 Å². The molecule has 4 atom stereocenters. The SMILES string of the molecule is CC(C)[C@@H]1[C@@H](c2ccccc2)[NH2+][C@@H](c2ccccc2)C[C@@]1(O)C#Cc1ccccc1. The van der Waals surface area contributed by atoms with Gasteiger partial charge in [0.25, 0.3) is 0 Å². The lowest BCUT2D eigenvalue weighted by atomic mass is 9.67. The maximum atomic E-state index is 12.0. The molecular formula is C28H30NO+. The van der Waals surface area contributed by atoms with Crippen molar-refractivity contribution >= 4 is 0 Å². The van der Waals surface area contributed by atoms with Crippen molar-refractivity contribution in [1.29, 1.82) is 0 Å². The van der Waals surface area contributed by atoms with Crippen molar-refractivity contribution in [2.75, 3.05) is 0 Å². The Kier molecular flexibility index (Phi) is 6.04. The number of rotatable bonds is 3. The van der Waals surface area contributed by atoms with Crippen LogP contribution < -0.4 is 5.32 Å². The minimum atomic E-state index is -1.07. The monoisotopic (exact) mass is 396 g/mol. The zero-order chi connectivity index (χ0) is 21.0. The summed E-state index contributed by atoms with van der Waals surface area (Å²) in [4.78, 5) is 0. The van der Waals surface area contributed by atoms with E-state index in [1.54, 1.807) is 0 Å². The first-order chi connectivity index (χ1) is 14.6. The van der Waals surface area contributed by atoms with Gasteiger partial charge in [-0.05, 0) is 18.1 Å². The average molecular weight is 397 g/mol. The summed E-state index contributed by atoms with van der Waals surface area (Å²) >= 11 is 0. The second kappa shape index (κ2) is 8.88. The average Bonchev–Trinajstić information content (AvgIpc) is 2.79. The molecule has 30 heavy (non-hydrogen) atoms. The topological polar surface area (TPSA) is 36.8 Å². The molecule has 3 aromatic rings. The fraction of sp³-hybridized carbons (Fsp3) is 0.286. The normalized spacial score (nSPS) is 26.1. The predicted octanol–water partition coefficient (Wildman–Crippen LogP) is 4.49. The van der Waals surface area contributed by atoms with Crippen molar-refractivity contribution in [3.05, 3.63) is 108 Å². The van der Waals surface area contributed by atoms with E-state index in [0.717, 1.165) is 5.56 Å². The van der Waals surface area contributed by atoms with Gasteiger partial charge < -0.3 is 10.4 Å². The van der Waals surface area contributed by atoms with Crippen LogP contribution in [0.5, 0.6) is 0 Å². The molecule has 0 aliphatic carbocycles. The minimum absolute atomic E-state index is 0.0241. The van der Waals surface area contributed by atoms with Gasteiger partial charge in [0.2, 0.25) is 0 Å². The minimum Gasteiger partial charge on any atom is -0.377 e. The van der Waals surface area contributed by atoms with E-state index in [2.05, 4.69) is 79.5 Å². The highest BCUT2D eigenvalue weighted by Gasteiger charge is 2.51. The molecule has 4 rings (SSSR count). The molecule has 3 N–H and O–H groups in total. The number of aliphatic hydroxyl groups is 1. The van der Waals surface area contributed by atoms with Crippen molar-refractivity contribution in [2.45, 2.75) is 38.0 Å². The van der Waals surface area contributed by atoms with Crippen molar-refractivity contribution in [3.63, 3.8) is 0 Å². The van der Waals surface area contributed by atoms with Crippen molar-refractivity contribution in [1.82, 2.24) is 0 Å². The fourth-order valence-electron chi connectivity index (χ4n) is 4.93. The lowest BCUT2D eigenvalue weighted by Crippen LogP contribution is -2.92. The predicted molar refractivity (Wildman–Crippen MR) is 122 cm³/mol. The molecule has 0 aromatic heterocycles. The summed E-state index contributed by atoms with van der Waals surface area (Å²) in [7, 11) is 0. The quantitative estimate of drug-likeness (QED) is 0.629. The number of hydrogen-bond acceptors (Lipinski definition) is 1. The van der Waals surface area contributed by atoms with Gasteiger partial charge in [-0.1, -0.05) is 105 Å². The third kappa shape index (κ3) is 4.33. The summed E-state index contributed by atoms with van der Waals surface area (Å²) < 4.78 is 0. The maximum Gasteiger partial charge on any atom is 0.140 e. The standard InChI is InChI=1S/C28H29NO/c1-21(2)26-27(24-16-10-5-11-17-24)29-25(23-14-8-4-9-15-23)20-28(26,30)19-18-22-12-6-3-7-13-22/h3-17,21,25-27,29-30H,20H2,1-2H3/p+1/t25-,26-,27-,28+/m1/s1. The number of nitrogens with two attached hydrogens (primary N) is 1. The van der Waals surface area contributed by atoms with Crippen LogP contribution in [0.1, 0.15) is 49.0 Å². The smallest absolute Gasteiger partial charge is 0.140 e. The van der Waals surface area contributed by atoms with Crippen LogP contribution in [0.15, 0.2) is 91.0 Å². The van der Waals surface area contributed by atoms with Crippen molar-refractivity contribution in [3.8, 4) is 11.8 Å². The first-order valence-corrected chi connectivity index (χ1v) is 10.8. The highest BCUT2D eigenvalue weighted by Crippen LogP contribution is 2.42. The Morgan fingerprint density at radius 1 is 0.833 bits per heavy atom. The number of benzene rings is 3. The Morgan fingerprint density at radius 2 is 1.37 bits per heavy atom. The Balaban J connectivity index is 1.79. The second-order valence-electron chi connectivity index (χ2n) is 8.66. The molecule has 0 spiro atoms. The van der Waals surface area contributed by atoms with Crippen molar-refractivity contribution in [2.24, 2.45) is 11.8 Å². The third-order valence-electron chi connectivity index (χ3n) is 6.24. The van der Waals surface area contributed by atoms with Crippen LogP contribution >= 0.6 is 0 Å². The van der Waals surface area contributed by atoms with E-state index in [1.165, 1.54) is 11.1 Å². The van der Waals surface area contributed by atoms with E-state index in [0.29, 0.717) is 12.3 Å². The molecule has 0 radical (unpaired) electrons. The third-order valence-corrected chi connectivity index (χ3v) is 6.24. The van der Waals surface area contributed by atoms with Crippen LogP contribution in [-0.4, -0.2) is 10.7 Å². The molecule has 2 nitrogen and oxygen atoms in total. The van der Waals surface area contributed by atoms with Gasteiger partial charge in [0.15, 0.2) is 0 Å². The Hall–Kier alpha value is -2.86. The molecule has 1 fully saturated rings. The van der Waals surface area contributed by atoms with E-state index in [-0.39, 0.29) is 18.0 Å². The van der Waals surface area contributed by atoms with Gasteiger partial charge in [0.05, 0.1) is 5.92 Å². The summed E-state index contributed by atoms with van der Waals surface area (Å²) in [5.41, 5.74) is 2.35. The second-order valence-corrected chi connectivity index (χ2v) is 8.66. The van der Waals surface area contributed by atoms with E-state index in [9.17, 15) is 5.11 Å². The molecule has 0 unspecified atom stereocenters. The van der Waals surface area contributed by atoms with Gasteiger partial charge in [-0.2, -0.15) is 0 Å². The van der Waals surface area contributed by atoms with Gasteiger partial charge in [-0.25, -0.2) is 0 Å². The molecule has 1 aliphatic rings. The largest absolute Gasteiger partial charge is 0.377 e. The molecule has 1 saturated heterocycles. The molecule has 1 heterocycles. The van der Waals surface area contributed by atoms with Gasteiger partial charge in [-0.3, -0.25) is 0 Å². The lowest BCUT2D eigenvalue weighted by molar-refractivity contribution is -0.757. The van der Waals surface area contributed by atoms with Crippen LogP contribution in [0.4, 0.5) is 0 Å². The van der Waals surface area contributed by atoms with Crippen LogP contribution in [0.25, 0.3) is 0 Å². The molecular weight excluding hydrogens is 366 g/mol. The van der Waals surface area contributed by atoms with E-state index in [1.807, 2.05) is 42.5 Å². The van der Waals surface area contributed by atoms with Crippen LogP contribution in [0, 0.1) is 23.7 Å². The Morgan fingerprint density at radius 3 is 1.93 bits per heavy atom. The number of piperidine rings is 1. The maximum absolute atomic E-state index is 12.0. The summed E-state index contributed by atoms with van der Waals surface area (Å²) in [5.74, 6) is 6.91. The van der Waals surface area contributed by atoms with E-state index in [4.69, 9.17) is 0 Å². The first kappa shape index (κ1) is 20.4. The number of hydrogen-bond donors (Lipinski definition) is 2. The van der Waals surface area contributed by atoms with Gasteiger partial charge in [-0.15, -0.1) is 0 Å². The Labute approximate surface area is 180 Å². The van der Waals surface area contributed by atoms with Gasteiger partial charge >= 0.3 is 0 Å². The first-order valence-electron chi connectivity index (χ1n) is 10.8. The molecule has 0 amide bonds. The van der Waals surface area contributed by atoms with E-state index >= 15 is 0 Å². The molecule has 0 bridgehead atoms. The lowest BCUT2D eigenvalue weighted by Gasteiger charge is -2.45. The number of quaternary nitrogens is 1. The molecule has 3 aromatic carbocycles. The molecule has 0 saturated carbocycles.